The summed E-state index contributed by atoms with van der Waals surface area (Å²) in [5.74, 6) is -0.902. The van der Waals surface area contributed by atoms with Gasteiger partial charge in [0.2, 0.25) is 0 Å². The smallest absolute Gasteiger partial charge is 0.343 e. The molecule has 0 fully saturated rings. The molecule has 0 amide bonds. The van der Waals surface area contributed by atoms with Gasteiger partial charge in [-0.3, -0.25) is 4.79 Å². The zero-order valence-electron chi connectivity index (χ0n) is 22.2. The number of carbonyl (C=O) groups is 1. The predicted molar refractivity (Wildman–Crippen MR) is 154 cm³/mol. The van der Waals surface area contributed by atoms with Crippen LogP contribution in [0.15, 0.2) is 85.3 Å². The second kappa shape index (κ2) is 13.4. The Morgan fingerprint density at radius 3 is 2.55 bits per heavy atom. The molecule has 0 spiro atoms. The molecule has 1 heterocycles. The number of alkyl halides is 3. The van der Waals surface area contributed by atoms with Gasteiger partial charge in [0.25, 0.3) is 0 Å². The van der Waals surface area contributed by atoms with Crippen molar-refractivity contribution in [1.29, 1.82) is 5.26 Å². The van der Waals surface area contributed by atoms with Crippen LogP contribution >= 0.6 is 12.2 Å². The van der Waals surface area contributed by atoms with Crippen LogP contribution in [0.4, 0.5) is 23.2 Å². The van der Waals surface area contributed by atoms with E-state index in [-0.39, 0.29) is 36.0 Å². The Hall–Kier alpha value is -4.60. The van der Waals surface area contributed by atoms with Crippen LogP contribution < -0.4 is 11.1 Å². The number of Topliss-reactive ketones (excluding diaryl/α,β-unsaturated/α-hetero) is 1. The van der Waals surface area contributed by atoms with E-state index in [4.69, 9.17) is 23.2 Å². The maximum Gasteiger partial charge on any atom is 0.416 e. The summed E-state index contributed by atoms with van der Waals surface area (Å²) in [4.78, 5) is 18.7. The second-order valence-corrected chi connectivity index (χ2v) is 9.93. The summed E-state index contributed by atoms with van der Waals surface area (Å²) >= 11 is 5.48. The molecule has 0 saturated carbocycles. The van der Waals surface area contributed by atoms with Crippen molar-refractivity contribution in [3.8, 4) is 6.07 Å². The van der Waals surface area contributed by atoms with Gasteiger partial charge in [-0.2, -0.15) is 18.4 Å². The molecule has 0 aliphatic heterocycles. The molecule has 216 valence electrons. The van der Waals surface area contributed by atoms with Crippen LogP contribution in [-0.2, 0) is 30.5 Å². The van der Waals surface area contributed by atoms with Crippen LogP contribution in [-0.4, -0.2) is 37.9 Å². The van der Waals surface area contributed by atoms with Gasteiger partial charge in [0.05, 0.1) is 29.6 Å². The molecule has 1 aromatic heterocycles. The first-order chi connectivity index (χ1) is 20.0. The van der Waals surface area contributed by atoms with Crippen molar-refractivity contribution in [3.05, 3.63) is 119 Å². The Morgan fingerprint density at radius 2 is 1.86 bits per heavy atom. The number of thiocarbonyl (C=S) groups is 1. The molecule has 3 N–H and O–H groups in total. The van der Waals surface area contributed by atoms with E-state index in [0.717, 1.165) is 11.6 Å². The third-order valence-corrected chi connectivity index (χ3v) is 6.83. The molecule has 4 aromatic rings. The predicted octanol–water partition coefficient (Wildman–Crippen LogP) is 5.30. The molecule has 0 radical (unpaired) electrons. The Bertz CT molecular complexity index is 1600. The number of hydrogen-bond donors (Lipinski definition) is 2. The zero-order chi connectivity index (χ0) is 30.3. The number of nitrogens with two attached hydrogens (primary N) is 1. The van der Waals surface area contributed by atoms with E-state index in [1.54, 1.807) is 47.4 Å². The number of benzene rings is 3. The molecule has 1 unspecified atom stereocenters. The van der Waals surface area contributed by atoms with Crippen LogP contribution in [0, 0.1) is 17.1 Å². The number of nitriles is 1. The van der Waals surface area contributed by atoms with E-state index in [1.807, 2.05) is 0 Å². The van der Waals surface area contributed by atoms with E-state index < -0.39 is 23.6 Å². The van der Waals surface area contributed by atoms with Gasteiger partial charge in [-0.15, -0.1) is 0 Å². The maximum absolute atomic E-state index is 13.7. The highest BCUT2D eigenvalue weighted by Crippen LogP contribution is 2.32. The standard InChI is InChI=1S/C30H26F4N6OS/c31-23-5-3-6-24(12-23)38-29(42)39(17-22-4-1-2-7-26(22)30(32,33)34)18-27(36)28(41)13-25-15-37-19-40(25)16-21-10-8-20(14-35)9-11-21/h1-12,15,19,27H,13,16-18,36H2,(H,38,42). The van der Waals surface area contributed by atoms with Gasteiger partial charge in [0, 0.05) is 43.6 Å². The number of rotatable bonds is 10. The summed E-state index contributed by atoms with van der Waals surface area (Å²) in [6, 6.07) is 18.4. The van der Waals surface area contributed by atoms with E-state index in [1.165, 1.54) is 41.3 Å². The summed E-state index contributed by atoms with van der Waals surface area (Å²) in [5.41, 5.74) is 7.69. The van der Waals surface area contributed by atoms with E-state index in [0.29, 0.717) is 23.5 Å². The summed E-state index contributed by atoms with van der Waals surface area (Å²) in [6.07, 6.45) is -1.56. The van der Waals surface area contributed by atoms with E-state index >= 15 is 0 Å². The average Bonchev–Trinajstić information content (AvgIpc) is 3.38. The molecule has 0 aliphatic rings. The van der Waals surface area contributed by atoms with Crippen molar-refractivity contribution >= 4 is 28.8 Å². The van der Waals surface area contributed by atoms with Crippen molar-refractivity contribution < 1.29 is 22.4 Å². The number of ketones is 1. The minimum atomic E-state index is -4.61. The van der Waals surface area contributed by atoms with Crippen molar-refractivity contribution in [2.75, 3.05) is 11.9 Å². The monoisotopic (exact) mass is 594 g/mol. The first kappa shape index (κ1) is 30.4. The molecule has 1 atom stereocenters. The number of nitrogens with zero attached hydrogens (tertiary/aromatic N) is 4. The highest BCUT2D eigenvalue weighted by Gasteiger charge is 2.34. The summed E-state index contributed by atoms with van der Waals surface area (Å²) in [5, 5.41) is 11.8. The van der Waals surface area contributed by atoms with Gasteiger partial charge in [0.15, 0.2) is 10.9 Å². The Morgan fingerprint density at radius 1 is 1.12 bits per heavy atom. The second-order valence-electron chi connectivity index (χ2n) is 9.55. The first-order valence-corrected chi connectivity index (χ1v) is 13.2. The normalized spacial score (nSPS) is 11.9. The number of imidazole rings is 1. The lowest BCUT2D eigenvalue weighted by atomic mass is 10.0. The summed E-state index contributed by atoms with van der Waals surface area (Å²) in [7, 11) is 0. The molecule has 0 aliphatic carbocycles. The zero-order valence-corrected chi connectivity index (χ0v) is 23.0. The lowest BCUT2D eigenvalue weighted by Gasteiger charge is -2.29. The Balaban J connectivity index is 1.51. The summed E-state index contributed by atoms with van der Waals surface area (Å²) in [6.45, 7) is -0.0874. The van der Waals surface area contributed by atoms with Gasteiger partial charge in [-0.25, -0.2) is 9.37 Å². The molecular weight excluding hydrogens is 568 g/mol. The van der Waals surface area contributed by atoms with Gasteiger partial charge >= 0.3 is 6.18 Å². The molecular formula is C30H26F4N6OS. The van der Waals surface area contributed by atoms with Gasteiger partial charge in [0.1, 0.15) is 5.82 Å². The molecule has 12 heteroatoms. The largest absolute Gasteiger partial charge is 0.416 e. The van der Waals surface area contributed by atoms with Gasteiger partial charge < -0.3 is 20.5 Å². The quantitative estimate of drug-likeness (QED) is 0.190. The number of aromatic nitrogens is 2. The topological polar surface area (TPSA) is 100.0 Å². The molecule has 7 nitrogen and oxygen atoms in total. The molecule has 4 rings (SSSR count). The van der Waals surface area contributed by atoms with Crippen molar-refractivity contribution in [3.63, 3.8) is 0 Å². The Kier molecular flexibility index (Phi) is 9.67. The number of halogens is 4. The maximum atomic E-state index is 13.7. The lowest BCUT2D eigenvalue weighted by molar-refractivity contribution is -0.138. The fourth-order valence-corrected chi connectivity index (χ4v) is 4.55. The van der Waals surface area contributed by atoms with E-state index in [2.05, 4.69) is 16.4 Å². The molecule has 42 heavy (non-hydrogen) atoms. The number of carbonyl (C=O) groups excluding carboxylic acids is 1. The van der Waals surface area contributed by atoms with Crippen LogP contribution in [0.3, 0.4) is 0 Å². The third kappa shape index (κ3) is 7.99. The van der Waals surface area contributed by atoms with Crippen LogP contribution in [0.2, 0.25) is 0 Å². The number of anilines is 1. The highest BCUT2D eigenvalue weighted by atomic mass is 32.1. The number of nitrogens with one attached hydrogen (secondary N) is 1. The van der Waals surface area contributed by atoms with Gasteiger partial charge in [-0.05, 0) is 59.7 Å². The summed E-state index contributed by atoms with van der Waals surface area (Å²) < 4.78 is 56.7. The molecule has 0 bridgehead atoms. The van der Waals surface area contributed by atoms with Crippen molar-refractivity contribution in [2.45, 2.75) is 31.7 Å². The lowest BCUT2D eigenvalue weighted by Crippen LogP contribution is -2.47. The minimum Gasteiger partial charge on any atom is -0.343 e. The van der Waals surface area contributed by atoms with Crippen LogP contribution in [0.5, 0.6) is 0 Å². The molecule has 0 saturated heterocycles. The minimum absolute atomic E-state index is 0.0216. The van der Waals surface area contributed by atoms with Gasteiger partial charge in [-0.1, -0.05) is 36.4 Å². The van der Waals surface area contributed by atoms with Crippen LogP contribution in [0.1, 0.15) is 27.9 Å². The Labute approximate surface area is 245 Å². The van der Waals surface area contributed by atoms with Crippen molar-refractivity contribution in [1.82, 2.24) is 14.5 Å². The number of hydrogen-bond acceptors (Lipinski definition) is 5. The van der Waals surface area contributed by atoms with Crippen molar-refractivity contribution in [2.24, 2.45) is 5.73 Å². The first-order valence-electron chi connectivity index (χ1n) is 12.8. The fraction of sp³-hybridized carbons (Fsp3) is 0.200. The third-order valence-electron chi connectivity index (χ3n) is 6.47. The average molecular weight is 595 g/mol. The fourth-order valence-electron chi connectivity index (χ4n) is 4.30. The SMILES string of the molecule is N#Cc1ccc(Cn2cncc2CC(=O)C(N)CN(Cc2ccccc2C(F)(F)F)C(=S)Nc2cccc(F)c2)cc1. The molecule has 3 aromatic carbocycles. The van der Waals surface area contributed by atoms with E-state index in [9.17, 15) is 22.4 Å². The highest BCUT2D eigenvalue weighted by molar-refractivity contribution is 7.80. The van der Waals surface area contributed by atoms with Crippen LogP contribution in [0.25, 0.3) is 0 Å².